The molecule has 0 unspecified atom stereocenters. The zero-order valence-corrected chi connectivity index (χ0v) is 7.84. The van der Waals surface area contributed by atoms with Crippen molar-refractivity contribution in [2.24, 2.45) is 0 Å². The largest absolute Gasteiger partial charge is 0.478 e. The van der Waals surface area contributed by atoms with E-state index in [2.05, 4.69) is 4.98 Å². The number of halogens is 1. The maximum atomic E-state index is 12.6. The average molecular weight is 185 g/mol. The van der Waals surface area contributed by atoms with Crippen LogP contribution >= 0.6 is 0 Å². The fraction of sp³-hybridized carbons (Fsp3) is 0.333. The molecule has 0 radical (unpaired) electrons. The molecule has 1 heterocycles. The number of rotatable bonds is 1. The van der Waals surface area contributed by atoms with Crippen LogP contribution in [0.5, 0.6) is 0 Å². The summed E-state index contributed by atoms with van der Waals surface area (Å²) in [6, 6.07) is 0.949. The van der Waals surface area contributed by atoms with Crippen LogP contribution in [0.25, 0.3) is 0 Å². The van der Waals surface area contributed by atoms with Crippen LogP contribution in [0.2, 0.25) is 0 Å². The van der Waals surface area contributed by atoms with Crippen LogP contribution in [0.4, 0.5) is 4.39 Å². The Morgan fingerprint density at radius 3 is 2.46 bits per heavy atom. The molecule has 0 saturated heterocycles. The molecule has 0 aliphatic rings. The van der Waals surface area contributed by atoms with Gasteiger partial charge in [-0.05, 0) is 13.0 Å². The summed E-state index contributed by atoms with van der Waals surface area (Å²) in [5, 5.41) is 8.39. The minimum absolute atomic E-state index is 0.131. The number of nitrogens with zero attached hydrogens (tertiary/aromatic N) is 1. The zero-order chi connectivity index (χ0) is 10.4. The van der Waals surface area contributed by atoms with Gasteiger partial charge in [-0.15, -0.1) is 0 Å². The van der Waals surface area contributed by atoms with Crippen LogP contribution in [0.3, 0.4) is 0 Å². The molecule has 0 spiro atoms. The smallest absolute Gasteiger partial charge is 0.337 e. The first kappa shape index (κ1) is 11.6. The third kappa shape index (κ3) is 3.19. The van der Waals surface area contributed by atoms with Gasteiger partial charge < -0.3 is 5.11 Å². The van der Waals surface area contributed by atoms with Crippen molar-refractivity contribution in [3.63, 3.8) is 0 Å². The Balaban J connectivity index is 0.000000671. The van der Waals surface area contributed by atoms with Gasteiger partial charge in [0.15, 0.2) is 0 Å². The van der Waals surface area contributed by atoms with Gasteiger partial charge in [0.1, 0.15) is 5.82 Å². The molecule has 0 aliphatic carbocycles. The van der Waals surface area contributed by atoms with E-state index in [4.69, 9.17) is 5.11 Å². The summed E-state index contributed by atoms with van der Waals surface area (Å²) in [6.45, 7) is 5.47. The second-order valence-corrected chi connectivity index (χ2v) is 2.10. The van der Waals surface area contributed by atoms with E-state index < -0.39 is 11.8 Å². The maximum Gasteiger partial charge on any atom is 0.337 e. The van der Waals surface area contributed by atoms with E-state index in [0.717, 1.165) is 12.3 Å². The number of hydrogen-bond acceptors (Lipinski definition) is 2. The Hall–Kier alpha value is -1.45. The molecular weight excluding hydrogens is 173 g/mol. The summed E-state index contributed by atoms with van der Waals surface area (Å²) in [6.07, 6.45) is 1.13. The quantitative estimate of drug-likeness (QED) is 0.730. The number of aromatic nitrogens is 1. The van der Waals surface area contributed by atoms with Gasteiger partial charge in [-0.1, -0.05) is 13.8 Å². The van der Waals surface area contributed by atoms with Gasteiger partial charge in [-0.2, -0.15) is 0 Å². The van der Waals surface area contributed by atoms with E-state index in [1.165, 1.54) is 6.92 Å². The molecule has 0 aliphatic heterocycles. The Labute approximate surface area is 76.2 Å². The number of pyridine rings is 1. The Morgan fingerprint density at radius 2 is 2.08 bits per heavy atom. The molecule has 1 N–H and O–H groups in total. The lowest BCUT2D eigenvalue weighted by Gasteiger charge is -1.95. The lowest BCUT2D eigenvalue weighted by atomic mass is 10.2. The Bertz CT molecular complexity index is 300. The number of carboxylic acid groups (broad SMARTS) is 1. The number of carboxylic acids is 1. The average Bonchev–Trinajstić information content (AvgIpc) is 2.13. The first-order chi connectivity index (χ1) is 6.11. The van der Waals surface area contributed by atoms with Gasteiger partial charge in [-0.25, -0.2) is 9.18 Å². The Morgan fingerprint density at radius 1 is 1.54 bits per heavy atom. The maximum absolute atomic E-state index is 12.6. The monoisotopic (exact) mass is 185 g/mol. The van der Waals surface area contributed by atoms with Gasteiger partial charge in [0.05, 0.1) is 11.3 Å². The molecule has 0 amide bonds. The normalized spacial score (nSPS) is 8.62. The van der Waals surface area contributed by atoms with Crippen LogP contribution in [0.1, 0.15) is 29.9 Å². The Kier molecular flexibility index (Phi) is 4.66. The highest BCUT2D eigenvalue weighted by atomic mass is 19.1. The highest BCUT2D eigenvalue weighted by molar-refractivity contribution is 5.87. The number of carbonyl (C=O) groups is 1. The predicted molar refractivity (Wildman–Crippen MR) is 47.2 cm³/mol. The number of hydrogen-bond donors (Lipinski definition) is 1. The SMILES string of the molecule is CC.Cc1ncc(C(=O)O)cc1F. The molecule has 72 valence electrons. The molecular formula is C9H12FNO2. The van der Waals surface area contributed by atoms with Crippen molar-refractivity contribution < 1.29 is 14.3 Å². The van der Waals surface area contributed by atoms with Crippen LogP contribution in [0.15, 0.2) is 12.3 Å². The summed E-state index contributed by atoms with van der Waals surface area (Å²) in [5.74, 6) is -1.76. The van der Waals surface area contributed by atoms with Crippen molar-refractivity contribution in [1.29, 1.82) is 0 Å². The number of aromatic carboxylic acids is 1. The van der Waals surface area contributed by atoms with Crippen molar-refractivity contribution in [1.82, 2.24) is 4.98 Å². The zero-order valence-electron chi connectivity index (χ0n) is 7.84. The first-order valence-electron chi connectivity index (χ1n) is 3.96. The summed E-state index contributed by atoms with van der Waals surface area (Å²) in [7, 11) is 0. The predicted octanol–water partition coefficient (Wildman–Crippen LogP) is 2.25. The van der Waals surface area contributed by atoms with E-state index in [9.17, 15) is 9.18 Å². The lowest BCUT2D eigenvalue weighted by molar-refractivity contribution is 0.0696. The van der Waals surface area contributed by atoms with Gasteiger partial charge in [-0.3, -0.25) is 4.98 Å². The minimum atomic E-state index is -1.17. The van der Waals surface area contributed by atoms with Crippen molar-refractivity contribution in [2.75, 3.05) is 0 Å². The summed E-state index contributed by atoms with van der Waals surface area (Å²) in [5.41, 5.74) is 0.0723. The third-order valence-corrected chi connectivity index (χ3v) is 1.27. The van der Waals surface area contributed by atoms with E-state index >= 15 is 0 Å². The van der Waals surface area contributed by atoms with Gasteiger partial charge in [0, 0.05) is 6.20 Å². The highest BCUT2D eigenvalue weighted by Gasteiger charge is 2.05. The molecule has 13 heavy (non-hydrogen) atoms. The van der Waals surface area contributed by atoms with Crippen LogP contribution in [-0.4, -0.2) is 16.1 Å². The van der Waals surface area contributed by atoms with Crippen LogP contribution in [0, 0.1) is 12.7 Å². The molecule has 0 atom stereocenters. The molecule has 1 rings (SSSR count). The fourth-order valence-corrected chi connectivity index (χ4v) is 0.623. The molecule has 0 saturated carbocycles. The summed E-state index contributed by atoms with van der Waals surface area (Å²) >= 11 is 0. The van der Waals surface area contributed by atoms with Crippen molar-refractivity contribution in [2.45, 2.75) is 20.8 Å². The van der Waals surface area contributed by atoms with Crippen LogP contribution in [-0.2, 0) is 0 Å². The lowest BCUT2D eigenvalue weighted by Crippen LogP contribution is -1.99. The molecule has 4 heteroatoms. The van der Waals surface area contributed by atoms with Gasteiger partial charge in [0.25, 0.3) is 0 Å². The third-order valence-electron chi connectivity index (χ3n) is 1.27. The van der Waals surface area contributed by atoms with Crippen LogP contribution < -0.4 is 0 Å². The van der Waals surface area contributed by atoms with Crippen molar-refractivity contribution >= 4 is 5.97 Å². The van der Waals surface area contributed by atoms with Crippen molar-refractivity contribution in [3.05, 3.63) is 29.3 Å². The molecule has 3 nitrogen and oxygen atoms in total. The van der Waals surface area contributed by atoms with Crippen molar-refractivity contribution in [3.8, 4) is 0 Å². The van der Waals surface area contributed by atoms with E-state index in [1.54, 1.807) is 0 Å². The van der Waals surface area contributed by atoms with Gasteiger partial charge in [0.2, 0.25) is 0 Å². The second kappa shape index (κ2) is 5.24. The van der Waals surface area contributed by atoms with E-state index in [0.29, 0.717) is 0 Å². The summed E-state index contributed by atoms with van der Waals surface area (Å²) < 4.78 is 12.6. The molecule has 1 aromatic heterocycles. The van der Waals surface area contributed by atoms with E-state index in [1.807, 2.05) is 13.8 Å². The highest BCUT2D eigenvalue weighted by Crippen LogP contribution is 2.04. The standard InChI is InChI=1S/C7H6FNO2.C2H6/c1-4-6(8)2-5(3-9-4)7(10)11;1-2/h2-3H,1H3,(H,10,11);1-2H3. The second-order valence-electron chi connectivity index (χ2n) is 2.10. The summed E-state index contributed by atoms with van der Waals surface area (Å²) in [4.78, 5) is 13.8. The molecule has 0 aromatic carbocycles. The molecule has 0 fully saturated rings. The van der Waals surface area contributed by atoms with Gasteiger partial charge >= 0.3 is 5.97 Å². The topological polar surface area (TPSA) is 50.2 Å². The molecule has 1 aromatic rings. The fourth-order valence-electron chi connectivity index (χ4n) is 0.623. The number of aryl methyl sites for hydroxylation is 1. The first-order valence-corrected chi connectivity index (χ1v) is 3.96. The van der Waals surface area contributed by atoms with E-state index in [-0.39, 0.29) is 11.3 Å². The molecule has 0 bridgehead atoms. The minimum Gasteiger partial charge on any atom is -0.478 e.